The predicted molar refractivity (Wildman–Crippen MR) is 235 cm³/mol. The predicted octanol–water partition coefficient (Wildman–Crippen LogP) is 6.35. The number of carbonyl (C=O) groups excluding carboxylic acids is 2. The Bertz CT molecular complexity index is 2880. The van der Waals surface area contributed by atoms with E-state index in [9.17, 15) is 35.2 Å². The van der Waals surface area contributed by atoms with E-state index in [1.807, 2.05) is 41.2 Å². The van der Waals surface area contributed by atoms with Gasteiger partial charge in [0.2, 0.25) is 0 Å². The van der Waals surface area contributed by atoms with Gasteiger partial charge in [0.15, 0.2) is 31.3 Å². The van der Waals surface area contributed by atoms with Crippen LogP contribution < -0.4 is 20.0 Å². The maximum absolute atomic E-state index is 14.3. The van der Waals surface area contributed by atoms with Crippen molar-refractivity contribution in [1.29, 1.82) is 0 Å². The van der Waals surface area contributed by atoms with Crippen LogP contribution in [0, 0.1) is 11.6 Å². The number of nitrogens with zero attached hydrogens (tertiary/aromatic N) is 11. The second-order valence-electron chi connectivity index (χ2n) is 14.8. The Kier molecular flexibility index (Phi) is 14.0. The third-order valence-corrected chi connectivity index (χ3v) is 12.3. The number of sulfone groups is 2. The minimum absolute atomic E-state index is 0.111. The van der Waals surface area contributed by atoms with Gasteiger partial charge in [0.05, 0.1) is 0 Å². The SMILES string of the molecule is CC(C)n1cnnc1-c1cccc(N2CCN(c3ccc(S(C)(=O)=O)c(F)c3)C2=O)n1.CC(C)n1cnnc1-c1cccc(N2CCNC2=O)n1.CS(=O)(=O)c1ccc(Br)cc1F. The quantitative estimate of drug-likeness (QED) is 0.168. The molecule has 0 unspecified atom stereocenters. The van der Waals surface area contributed by atoms with Gasteiger partial charge in [-0.2, -0.15) is 0 Å². The van der Waals surface area contributed by atoms with Gasteiger partial charge in [0, 0.05) is 60.9 Å². The van der Waals surface area contributed by atoms with Gasteiger partial charge in [-0.05, 0) is 88.4 Å². The molecule has 63 heavy (non-hydrogen) atoms. The zero-order chi connectivity index (χ0) is 45.8. The molecular formula is C40H43BrF2N12O6S2. The molecule has 23 heteroatoms. The van der Waals surface area contributed by atoms with E-state index in [1.54, 1.807) is 35.8 Å². The molecule has 4 amide bonds. The maximum Gasteiger partial charge on any atom is 0.330 e. The van der Waals surface area contributed by atoms with Crippen molar-refractivity contribution in [3.05, 3.63) is 102 Å². The highest BCUT2D eigenvalue weighted by atomic mass is 79.9. The molecule has 2 aromatic carbocycles. The number of carbonyl (C=O) groups is 2. The van der Waals surface area contributed by atoms with Gasteiger partial charge in [-0.25, -0.2) is 45.2 Å². The van der Waals surface area contributed by atoms with Crippen molar-refractivity contribution in [2.75, 3.05) is 53.4 Å². The molecule has 18 nitrogen and oxygen atoms in total. The molecule has 6 aromatic rings. The van der Waals surface area contributed by atoms with Gasteiger partial charge in [0.25, 0.3) is 0 Å². The number of aromatic nitrogens is 8. The molecule has 0 saturated carbocycles. The van der Waals surface area contributed by atoms with Crippen molar-refractivity contribution < 1.29 is 35.2 Å². The molecule has 1 N–H and O–H groups in total. The highest BCUT2D eigenvalue weighted by Crippen LogP contribution is 2.29. The monoisotopic (exact) mass is 968 g/mol. The first-order valence-corrected chi connectivity index (χ1v) is 23.8. The number of hydrogen-bond donors (Lipinski definition) is 1. The van der Waals surface area contributed by atoms with Gasteiger partial charge in [-0.15, -0.1) is 20.4 Å². The number of pyridine rings is 2. The Morgan fingerprint density at radius 1 is 0.651 bits per heavy atom. The number of halogens is 3. The molecule has 0 radical (unpaired) electrons. The lowest BCUT2D eigenvalue weighted by molar-refractivity contribution is 0.252. The molecule has 6 heterocycles. The van der Waals surface area contributed by atoms with E-state index in [0.29, 0.717) is 65.3 Å². The lowest BCUT2D eigenvalue weighted by Crippen LogP contribution is -2.32. The number of nitrogens with one attached hydrogen (secondary N) is 1. The minimum atomic E-state index is -3.69. The van der Waals surface area contributed by atoms with Crippen molar-refractivity contribution in [2.45, 2.75) is 49.6 Å². The fourth-order valence-electron chi connectivity index (χ4n) is 6.42. The van der Waals surface area contributed by atoms with Crippen molar-refractivity contribution in [3.63, 3.8) is 0 Å². The number of rotatable bonds is 9. The van der Waals surface area contributed by atoms with E-state index >= 15 is 0 Å². The number of amides is 4. The maximum atomic E-state index is 14.3. The zero-order valence-corrected chi connectivity index (χ0v) is 38.1. The topological polar surface area (TPSA) is 211 Å². The van der Waals surface area contributed by atoms with Crippen LogP contribution in [0.5, 0.6) is 0 Å². The largest absolute Gasteiger partial charge is 0.336 e. The van der Waals surface area contributed by atoms with E-state index in [1.165, 1.54) is 34.1 Å². The van der Waals surface area contributed by atoms with E-state index in [-0.39, 0.29) is 34.7 Å². The zero-order valence-electron chi connectivity index (χ0n) is 34.9. The van der Waals surface area contributed by atoms with Gasteiger partial charge >= 0.3 is 12.1 Å². The highest BCUT2D eigenvalue weighted by Gasteiger charge is 2.33. The Hall–Kier alpha value is -6.20. The van der Waals surface area contributed by atoms with Crippen LogP contribution in [0.15, 0.2) is 99.7 Å². The first-order valence-electron chi connectivity index (χ1n) is 19.3. The first-order chi connectivity index (χ1) is 29.7. The lowest BCUT2D eigenvalue weighted by atomic mass is 10.3. The molecular weight excluding hydrogens is 927 g/mol. The van der Waals surface area contributed by atoms with Crippen LogP contribution in [0.1, 0.15) is 39.8 Å². The van der Waals surface area contributed by atoms with Crippen molar-refractivity contribution >= 4 is 65.0 Å². The summed E-state index contributed by atoms with van der Waals surface area (Å²) in [7, 11) is -7.14. The Morgan fingerprint density at radius 3 is 1.60 bits per heavy atom. The molecule has 0 atom stereocenters. The average molecular weight is 970 g/mol. The van der Waals surface area contributed by atoms with Crippen LogP contribution in [0.3, 0.4) is 0 Å². The molecule has 4 aromatic heterocycles. The summed E-state index contributed by atoms with van der Waals surface area (Å²) in [4.78, 5) is 37.6. The van der Waals surface area contributed by atoms with E-state index in [4.69, 9.17) is 0 Å². The average Bonchev–Trinajstić information content (AvgIpc) is 4.05. The Labute approximate surface area is 371 Å². The number of hydrogen-bond acceptors (Lipinski definition) is 12. The van der Waals surface area contributed by atoms with Crippen LogP contribution in [0.4, 0.5) is 35.7 Å². The molecule has 0 spiro atoms. The summed E-state index contributed by atoms with van der Waals surface area (Å²) in [5.74, 6) is 0.763. The van der Waals surface area contributed by atoms with E-state index in [0.717, 1.165) is 24.6 Å². The molecule has 2 saturated heterocycles. The van der Waals surface area contributed by atoms with Crippen molar-refractivity contribution in [3.8, 4) is 23.0 Å². The summed E-state index contributed by atoms with van der Waals surface area (Å²) in [6, 6.07) is 18.3. The number of anilines is 3. The lowest BCUT2D eigenvalue weighted by Gasteiger charge is -2.19. The molecule has 0 bridgehead atoms. The van der Waals surface area contributed by atoms with E-state index < -0.39 is 36.2 Å². The number of urea groups is 2. The van der Waals surface area contributed by atoms with Gasteiger partial charge in [-0.1, -0.05) is 28.1 Å². The molecule has 2 aliphatic heterocycles. The Morgan fingerprint density at radius 2 is 1.14 bits per heavy atom. The molecule has 2 aliphatic rings. The van der Waals surface area contributed by atoms with Crippen LogP contribution in [0.2, 0.25) is 0 Å². The second kappa shape index (κ2) is 19.0. The standard InChI is InChI=1S/C20H21FN6O3S.C13H16N6O.C7H6BrFO2S/c1-13(2)27-12-22-24-19(27)16-5-4-6-18(23-16)26-10-9-25(20(26)28)14-7-8-17(15(21)11-14)31(3,29)30;1-9(2)19-8-15-17-12(19)10-4-3-5-11(16-10)18-7-6-14-13(18)20;1-12(10,11)7-3-2-5(8)4-6(7)9/h4-8,11-13H,9-10H2,1-3H3;3-5,8-9H,6-7H2,1-2H3,(H,14,20);2-4H,1H3. The summed E-state index contributed by atoms with van der Waals surface area (Å²) in [5, 5.41) is 18.9. The van der Waals surface area contributed by atoms with Gasteiger partial charge in [-0.3, -0.25) is 14.7 Å². The molecule has 8 rings (SSSR count). The minimum Gasteiger partial charge on any atom is -0.336 e. The summed E-state index contributed by atoms with van der Waals surface area (Å²) < 4.78 is 76.7. The molecule has 2 fully saturated rings. The molecule has 0 aliphatic carbocycles. The third-order valence-electron chi connectivity index (χ3n) is 9.52. The first kappa shape index (κ1) is 46.3. The fourth-order valence-corrected chi connectivity index (χ4v) is 8.21. The number of benzene rings is 2. The summed E-state index contributed by atoms with van der Waals surface area (Å²) in [6.45, 7) is 10.1. The smallest absolute Gasteiger partial charge is 0.330 e. The molecule has 332 valence electrons. The third kappa shape index (κ3) is 10.7. The van der Waals surface area contributed by atoms with E-state index in [2.05, 4.69) is 65.5 Å². The van der Waals surface area contributed by atoms with Crippen LogP contribution in [0.25, 0.3) is 23.0 Å². The second-order valence-corrected chi connectivity index (χ2v) is 19.7. The van der Waals surface area contributed by atoms with Crippen molar-refractivity contribution in [2.24, 2.45) is 0 Å². The van der Waals surface area contributed by atoms with Gasteiger partial charge in [0.1, 0.15) is 57.1 Å². The van der Waals surface area contributed by atoms with Crippen LogP contribution in [-0.2, 0) is 19.7 Å². The Balaban J connectivity index is 0.000000176. The van der Waals surface area contributed by atoms with Gasteiger partial charge < -0.3 is 14.5 Å². The summed E-state index contributed by atoms with van der Waals surface area (Å²) in [5.41, 5.74) is 1.58. The normalized spacial score (nSPS) is 14.2. The summed E-state index contributed by atoms with van der Waals surface area (Å²) in [6.07, 6.45) is 5.23. The summed E-state index contributed by atoms with van der Waals surface area (Å²) >= 11 is 3.03. The fraction of sp³-hybridized carbons (Fsp3) is 0.300. The van der Waals surface area contributed by atoms with Crippen molar-refractivity contribution in [1.82, 2.24) is 44.8 Å². The van der Waals surface area contributed by atoms with Crippen LogP contribution >= 0.6 is 15.9 Å². The highest BCUT2D eigenvalue weighted by molar-refractivity contribution is 9.10. The van der Waals surface area contributed by atoms with Crippen LogP contribution in [-0.4, -0.2) is 107 Å².